The molecule has 0 fully saturated rings. The molecular formula is C57H101NO5. The smallest absolute Gasteiger partial charge is 0.306 e. The summed E-state index contributed by atoms with van der Waals surface area (Å²) in [5.74, 6) is -0.531. The minimum atomic E-state index is -0.804. The first-order valence-electron chi connectivity index (χ1n) is 26.7. The zero-order valence-electron chi connectivity index (χ0n) is 41.4. The number of aliphatic hydroxyl groups excluding tert-OH is 2. The molecule has 0 radical (unpaired) electrons. The van der Waals surface area contributed by atoms with Gasteiger partial charge in [0.25, 0.3) is 0 Å². The van der Waals surface area contributed by atoms with Gasteiger partial charge in [0.15, 0.2) is 0 Å². The number of hydrogen-bond acceptors (Lipinski definition) is 5. The van der Waals surface area contributed by atoms with E-state index in [0.717, 1.165) is 96.3 Å². The normalized spacial score (nSPS) is 13.8. The fourth-order valence-electron chi connectivity index (χ4n) is 7.84. The summed E-state index contributed by atoms with van der Waals surface area (Å²) in [6, 6.07) is -0.720. The number of aliphatic hydroxyl groups is 2. The average Bonchev–Trinajstić information content (AvgIpc) is 3.28. The van der Waals surface area contributed by atoms with Crippen molar-refractivity contribution in [2.24, 2.45) is 0 Å². The van der Waals surface area contributed by atoms with Gasteiger partial charge in [-0.1, -0.05) is 241 Å². The van der Waals surface area contributed by atoms with Gasteiger partial charge in [0.2, 0.25) is 5.91 Å². The highest BCUT2D eigenvalue weighted by atomic mass is 16.5. The second-order valence-corrected chi connectivity index (χ2v) is 18.0. The van der Waals surface area contributed by atoms with Crippen LogP contribution in [0.25, 0.3) is 0 Å². The first-order valence-corrected chi connectivity index (χ1v) is 26.7. The molecule has 3 N–H and O–H groups in total. The fraction of sp³-hybridized carbons (Fsp3) is 0.754. The van der Waals surface area contributed by atoms with Crippen molar-refractivity contribution in [1.29, 1.82) is 0 Å². The number of carbonyl (C=O) groups excluding carboxylic acids is 2. The van der Waals surface area contributed by atoms with Crippen LogP contribution in [0, 0.1) is 0 Å². The van der Waals surface area contributed by atoms with E-state index in [4.69, 9.17) is 4.74 Å². The predicted octanol–water partition coefficient (Wildman–Crippen LogP) is 16.2. The summed E-state index contributed by atoms with van der Waals surface area (Å²) in [5, 5.41) is 23.8. The molecule has 0 aromatic carbocycles. The highest BCUT2D eigenvalue weighted by Gasteiger charge is 2.24. The molecule has 0 bridgehead atoms. The van der Waals surface area contributed by atoms with Gasteiger partial charge in [0.05, 0.1) is 25.2 Å². The van der Waals surface area contributed by atoms with Crippen molar-refractivity contribution in [3.05, 3.63) is 72.9 Å². The van der Waals surface area contributed by atoms with Crippen LogP contribution in [0.2, 0.25) is 0 Å². The SMILES string of the molecule is CC/C=C/C=C/C=C\CCCCCCCC(=O)OC(CCCCC/C=C/C=C/C=C/CCCCCCC)CC(=O)NC(CO)C(O)CCCCCCCCCCCCCCCCC. The first kappa shape index (κ1) is 60.3. The number of unbranched alkanes of at least 4 members (excludes halogenated alkanes) is 27. The van der Waals surface area contributed by atoms with Crippen molar-refractivity contribution in [2.75, 3.05) is 6.61 Å². The molecule has 0 aliphatic rings. The molecule has 0 aromatic heterocycles. The summed E-state index contributed by atoms with van der Waals surface area (Å²) < 4.78 is 5.91. The van der Waals surface area contributed by atoms with Gasteiger partial charge in [-0.2, -0.15) is 0 Å². The summed E-state index contributed by atoms with van der Waals surface area (Å²) in [6.07, 6.45) is 63.9. The van der Waals surface area contributed by atoms with E-state index in [2.05, 4.69) is 99.0 Å². The third kappa shape index (κ3) is 45.7. The average molecular weight is 880 g/mol. The Labute approximate surface area is 390 Å². The molecule has 3 atom stereocenters. The zero-order chi connectivity index (χ0) is 45.9. The van der Waals surface area contributed by atoms with Crippen LogP contribution in [-0.2, 0) is 14.3 Å². The zero-order valence-corrected chi connectivity index (χ0v) is 41.4. The number of allylic oxidation sites excluding steroid dienone is 12. The molecule has 3 unspecified atom stereocenters. The van der Waals surface area contributed by atoms with E-state index in [1.165, 1.54) is 109 Å². The van der Waals surface area contributed by atoms with E-state index in [1.807, 2.05) is 0 Å². The molecule has 364 valence electrons. The maximum Gasteiger partial charge on any atom is 0.306 e. The van der Waals surface area contributed by atoms with E-state index < -0.39 is 18.2 Å². The molecule has 0 aromatic rings. The molecular weight excluding hydrogens is 779 g/mol. The maximum absolute atomic E-state index is 13.2. The highest BCUT2D eigenvalue weighted by Crippen LogP contribution is 2.17. The van der Waals surface area contributed by atoms with Crippen molar-refractivity contribution >= 4 is 11.9 Å². The molecule has 1 amide bonds. The molecule has 0 heterocycles. The Morgan fingerprint density at radius 1 is 0.476 bits per heavy atom. The Morgan fingerprint density at radius 3 is 1.30 bits per heavy atom. The highest BCUT2D eigenvalue weighted by molar-refractivity contribution is 5.77. The minimum absolute atomic E-state index is 0.0441. The number of carbonyl (C=O) groups is 2. The number of amides is 1. The molecule has 6 heteroatoms. The van der Waals surface area contributed by atoms with Crippen LogP contribution in [0.15, 0.2) is 72.9 Å². The molecule has 0 saturated carbocycles. The third-order valence-corrected chi connectivity index (χ3v) is 11.9. The number of ether oxygens (including phenoxy) is 1. The fourth-order valence-corrected chi connectivity index (χ4v) is 7.84. The summed E-state index contributed by atoms with van der Waals surface area (Å²) >= 11 is 0. The molecule has 63 heavy (non-hydrogen) atoms. The molecule has 0 rings (SSSR count). The van der Waals surface area contributed by atoms with Gasteiger partial charge < -0.3 is 20.3 Å². The first-order chi connectivity index (χ1) is 31.0. The Balaban J connectivity index is 4.66. The largest absolute Gasteiger partial charge is 0.462 e. The minimum Gasteiger partial charge on any atom is -0.462 e. The standard InChI is InChI=1S/C57H101NO5/c1-4-7-10-13-16-19-22-25-27-29-31-33-36-39-42-45-48-53(63-57(62)50-47-44-41-38-35-30-24-21-18-15-12-9-6-3)51-56(61)58-54(52-59)55(60)49-46-43-40-37-34-32-28-26-23-20-17-14-11-8-5-2/h9,12,15,18,21-22,24-25,27,29,31,33,53-55,59-60H,4-8,10-11,13-14,16-17,19-20,23,26,28,30,32,34-52H2,1-3H3,(H,58,61)/b12-9+,18-15+,24-21-,25-22+,29-27+,33-31+. The number of esters is 1. The molecule has 6 nitrogen and oxygen atoms in total. The number of nitrogens with one attached hydrogen (secondary N) is 1. The topological polar surface area (TPSA) is 95.9 Å². The molecule has 0 spiro atoms. The second kappa shape index (κ2) is 50.3. The van der Waals surface area contributed by atoms with E-state index in [9.17, 15) is 19.8 Å². The van der Waals surface area contributed by atoms with Crippen LogP contribution < -0.4 is 5.32 Å². The van der Waals surface area contributed by atoms with Crippen LogP contribution in [-0.4, -0.2) is 46.9 Å². The van der Waals surface area contributed by atoms with Crippen LogP contribution in [0.3, 0.4) is 0 Å². The summed E-state index contributed by atoms with van der Waals surface area (Å²) in [6.45, 7) is 6.33. The summed E-state index contributed by atoms with van der Waals surface area (Å²) in [5.41, 5.74) is 0. The van der Waals surface area contributed by atoms with E-state index >= 15 is 0 Å². The van der Waals surface area contributed by atoms with E-state index in [0.29, 0.717) is 19.3 Å². The van der Waals surface area contributed by atoms with Crippen molar-refractivity contribution < 1.29 is 24.5 Å². The Hall–Kier alpha value is -2.70. The van der Waals surface area contributed by atoms with Crippen LogP contribution in [0.4, 0.5) is 0 Å². The lowest BCUT2D eigenvalue weighted by Crippen LogP contribution is -2.46. The van der Waals surface area contributed by atoms with E-state index in [-0.39, 0.29) is 24.9 Å². The second-order valence-electron chi connectivity index (χ2n) is 18.0. The lowest BCUT2D eigenvalue weighted by Gasteiger charge is -2.24. The van der Waals surface area contributed by atoms with Crippen molar-refractivity contribution in [2.45, 2.75) is 270 Å². The van der Waals surface area contributed by atoms with Gasteiger partial charge in [0.1, 0.15) is 6.10 Å². The maximum atomic E-state index is 13.2. The predicted molar refractivity (Wildman–Crippen MR) is 273 cm³/mol. The molecule has 0 aliphatic carbocycles. The monoisotopic (exact) mass is 880 g/mol. The Kier molecular flexibility index (Phi) is 48.1. The van der Waals surface area contributed by atoms with Gasteiger partial charge in [-0.05, 0) is 70.6 Å². The number of rotatable bonds is 47. The Morgan fingerprint density at radius 2 is 0.857 bits per heavy atom. The van der Waals surface area contributed by atoms with Gasteiger partial charge >= 0.3 is 5.97 Å². The summed E-state index contributed by atoms with van der Waals surface area (Å²) in [4.78, 5) is 26.2. The molecule has 0 aliphatic heterocycles. The van der Waals surface area contributed by atoms with Crippen LogP contribution in [0.1, 0.15) is 252 Å². The van der Waals surface area contributed by atoms with Gasteiger partial charge in [-0.15, -0.1) is 0 Å². The van der Waals surface area contributed by atoms with Gasteiger partial charge in [-0.25, -0.2) is 0 Å². The van der Waals surface area contributed by atoms with E-state index in [1.54, 1.807) is 0 Å². The number of hydrogen-bond donors (Lipinski definition) is 3. The third-order valence-electron chi connectivity index (χ3n) is 11.9. The van der Waals surface area contributed by atoms with Crippen molar-refractivity contribution in [3.8, 4) is 0 Å². The van der Waals surface area contributed by atoms with Crippen molar-refractivity contribution in [3.63, 3.8) is 0 Å². The Bertz CT molecular complexity index is 1170. The van der Waals surface area contributed by atoms with Gasteiger partial charge in [-0.3, -0.25) is 9.59 Å². The van der Waals surface area contributed by atoms with Crippen LogP contribution >= 0.6 is 0 Å². The van der Waals surface area contributed by atoms with Crippen molar-refractivity contribution in [1.82, 2.24) is 5.32 Å². The lowest BCUT2D eigenvalue weighted by molar-refractivity contribution is -0.151. The lowest BCUT2D eigenvalue weighted by atomic mass is 10.0. The molecule has 0 saturated heterocycles. The van der Waals surface area contributed by atoms with Gasteiger partial charge in [0, 0.05) is 6.42 Å². The quantitative estimate of drug-likeness (QED) is 0.0321. The van der Waals surface area contributed by atoms with Crippen LogP contribution in [0.5, 0.6) is 0 Å². The summed E-state index contributed by atoms with van der Waals surface area (Å²) in [7, 11) is 0.